The van der Waals surface area contributed by atoms with E-state index in [4.69, 9.17) is 0 Å². The van der Waals surface area contributed by atoms with Crippen LogP contribution in [0.15, 0.2) is 24.3 Å². The van der Waals surface area contributed by atoms with E-state index < -0.39 is 13.0 Å². The Bertz CT molecular complexity index is 543. The summed E-state index contributed by atoms with van der Waals surface area (Å²) in [5.74, 6) is 0.0232. The fourth-order valence-corrected chi connectivity index (χ4v) is 2.43. The first-order valence-electron chi connectivity index (χ1n) is 8.08. The number of ether oxygens (including phenoxy) is 1. The first kappa shape index (κ1) is 19.6. The number of likely N-dealkylation sites (N-methyl/N-ethyl adjacent to an activating group) is 1. The molecule has 2 N–H and O–H groups in total. The Kier molecular flexibility index (Phi) is 7.18. The predicted octanol–water partition coefficient (Wildman–Crippen LogP) is 1.20. The Morgan fingerprint density at radius 2 is 1.76 bits per heavy atom. The van der Waals surface area contributed by atoms with Crippen LogP contribution in [0.4, 0.5) is 13.2 Å². The summed E-state index contributed by atoms with van der Waals surface area (Å²) < 4.78 is 39.0. The molecule has 0 aliphatic carbocycles. The number of nitrogens with one attached hydrogen (secondary N) is 2. The number of rotatable bonds is 7. The molecule has 1 saturated heterocycles. The number of carbonyl (C=O) groups is 1. The number of nitrogens with zero attached hydrogens (tertiary/aromatic N) is 2. The fourth-order valence-electron chi connectivity index (χ4n) is 2.43. The van der Waals surface area contributed by atoms with Crippen LogP contribution in [0.3, 0.4) is 0 Å². The molecule has 2 rings (SSSR count). The van der Waals surface area contributed by atoms with Crippen LogP contribution in [0, 0.1) is 0 Å². The van der Waals surface area contributed by atoms with Crippen LogP contribution < -0.4 is 10.9 Å². The molecule has 6 nitrogen and oxygen atoms in total. The van der Waals surface area contributed by atoms with E-state index in [1.54, 1.807) is 12.1 Å². The highest BCUT2D eigenvalue weighted by molar-refractivity contribution is 5.94. The Balaban J connectivity index is 1.70. The van der Waals surface area contributed by atoms with Crippen molar-refractivity contribution in [2.45, 2.75) is 12.9 Å². The number of hydrogen-bond donors (Lipinski definition) is 2. The molecule has 1 aliphatic heterocycles. The van der Waals surface area contributed by atoms with Crippen LogP contribution in [0.1, 0.15) is 15.9 Å². The summed E-state index contributed by atoms with van der Waals surface area (Å²) in [4.78, 5) is 16.4. The van der Waals surface area contributed by atoms with E-state index in [2.05, 4.69) is 20.5 Å². The summed E-state index contributed by atoms with van der Waals surface area (Å²) in [5, 5.41) is 0. The molecule has 1 aliphatic rings. The number of carbonyl (C=O) groups excluding carboxylic acids is 1. The maximum atomic E-state index is 12.4. The van der Waals surface area contributed by atoms with Crippen molar-refractivity contribution in [3.05, 3.63) is 35.4 Å². The van der Waals surface area contributed by atoms with Crippen molar-refractivity contribution in [1.82, 2.24) is 20.7 Å². The highest BCUT2D eigenvalue weighted by atomic mass is 19.4. The molecule has 0 saturated carbocycles. The molecule has 1 aromatic rings. The standard InChI is InChI=1S/C16H23F3N4O2/c1-22-7-9-23(10-8-22)15(24)14-4-2-13(3-5-14)12-21-20-6-11-25-16(17,18)19/h2-5,20-21H,6-12H2,1H3. The van der Waals surface area contributed by atoms with Gasteiger partial charge >= 0.3 is 6.36 Å². The van der Waals surface area contributed by atoms with Crippen molar-refractivity contribution >= 4 is 5.91 Å². The van der Waals surface area contributed by atoms with E-state index in [1.807, 2.05) is 24.1 Å². The average molecular weight is 360 g/mol. The van der Waals surface area contributed by atoms with Gasteiger partial charge in [0, 0.05) is 44.8 Å². The first-order chi connectivity index (χ1) is 11.8. The minimum atomic E-state index is -4.60. The van der Waals surface area contributed by atoms with Crippen LogP contribution in [-0.4, -0.2) is 68.4 Å². The zero-order chi connectivity index (χ0) is 18.3. The van der Waals surface area contributed by atoms with Gasteiger partial charge < -0.3 is 9.80 Å². The van der Waals surface area contributed by atoms with Gasteiger partial charge in [-0.25, -0.2) is 0 Å². The largest absolute Gasteiger partial charge is 0.522 e. The molecule has 1 amide bonds. The number of alkyl halides is 3. The highest BCUT2D eigenvalue weighted by Crippen LogP contribution is 2.15. The Hall–Kier alpha value is -1.68. The topological polar surface area (TPSA) is 56.8 Å². The molecule has 0 atom stereocenters. The van der Waals surface area contributed by atoms with Gasteiger partial charge in [-0.05, 0) is 24.7 Å². The number of piperazine rings is 1. The van der Waals surface area contributed by atoms with Crippen LogP contribution in [0.5, 0.6) is 0 Å². The Morgan fingerprint density at radius 3 is 2.36 bits per heavy atom. The molecule has 1 heterocycles. The summed E-state index contributed by atoms with van der Waals surface area (Å²) in [5.41, 5.74) is 7.01. The summed E-state index contributed by atoms with van der Waals surface area (Å²) in [6.45, 7) is 3.18. The van der Waals surface area contributed by atoms with Crippen LogP contribution >= 0.6 is 0 Å². The maximum Gasteiger partial charge on any atom is 0.522 e. The quantitative estimate of drug-likeness (QED) is 0.565. The van der Waals surface area contributed by atoms with Gasteiger partial charge in [-0.15, -0.1) is 13.2 Å². The lowest BCUT2D eigenvalue weighted by Gasteiger charge is -2.32. The summed E-state index contributed by atoms with van der Waals surface area (Å²) in [6.07, 6.45) is -4.60. The van der Waals surface area contributed by atoms with Crippen LogP contribution in [-0.2, 0) is 11.3 Å². The first-order valence-corrected chi connectivity index (χ1v) is 8.08. The number of benzene rings is 1. The van der Waals surface area contributed by atoms with Gasteiger partial charge in [0.05, 0.1) is 6.61 Å². The van der Waals surface area contributed by atoms with Gasteiger partial charge in [0.15, 0.2) is 0 Å². The van der Waals surface area contributed by atoms with Crippen LogP contribution in [0.2, 0.25) is 0 Å². The summed E-state index contributed by atoms with van der Waals surface area (Å²) in [7, 11) is 2.03. The summed E-state index contributed by atoms with van der Waals surface area (Å²) >= 11 is 0. The smallest absolute Gasteiger partial charge is 0.336 e. The number of halogens is 3. The molecule has 140 valence electrons. The van der Waals surface area contributed by atoms with Crippen molar-refractivity contribution in [2.75, 3.05) is 46.4 Å². The van der Waals surface area contributed by atoms with Crippen LogP contribution in [0.25, 0.3) is 0 Å². The fraction of sp³-hybridized carbons (Fsp3) is 0.562. The van der Waals surface area contributed by atoms with Crippen molar-refractivity contribution in [3.63, 3.8) is 0 Å². The molecule has 9 heteroatoms. The zero-order valence-corrected chi connectivity index (χ0v) is 14.1. The second-order valence-corrected chi connectivity index (χ2v) is 5.87. The molecule has 0 aromatic heterocycles. The van der Waals surface area contributed by atoms with E-state index in [0.717, 1.165) is 31.7 Å². The monoisotopic (exact) mass is 360 g/mol. The average Bonchev–Trinajstić information content (AvgIpc) is 2.58. The predicted molar refractivity (Wildman–Crippen MR) is 86.7 cm³/mol. The normalized spacial score (nSPS) is 16.2. The van der Waals surface area contributed by atoms with Gasteiger partial charge in [0.1, 0.15) is 0 Å². The lowest BCUT2D eigenvalue weighted by Crippen LogP contribution is -2.47. The third-order valence-electron chi connectivity index (χ3n) is 3.90. The third-order valence-corrected chi connectivity index (χ3v) is 3.90. The molecule has 0 radical (unpaired) electrons. The van der Waals surface area contributed by atoms with Gasteiger partial charge in [-0.3, -0.25) is 20.4 Å². The number of amides is 1. The highest BCUT2D eigenvalue weighted by Gasteiger charge is 2.28. The molecule has 0 bridgehead atoms. The number of hydrogen-bond acceptors (Lipinski definition) is 5. The molecule has 1 fully saturated rings. The van der Waals surface area contributed by atoms with E-state index in [-0.39, 0.29) is 12.5 Å². The van der Waals surface area contributed by atoms with Crippen molar-refractivity contribution in [3.8, 4) is 0 Å². The van der Waals surface area contributed by atoms with E-state index in [1.165, 1.54) is 0 Å². The molecule has 25 heavy (non-hydrogen) atoms. The minimum Gasteiger partial charge on any atom is -0.336 e. The van der Waals surface area contributed by atoms with E-state index >= 15 is 0 Å². The molecule has 1 aromatic carbocycles. The van der Waals surface area contributed by atoms with Gasteiger partial charge in [0.25, 0.3) is 5.91 Å². The Labute approximate surface area is 144 Å². The molecule has 0 spiro atoms. The second kappa shape index (κ2) is 9.14. The van der Waals surface area contributed by atoms with E-state index in [0.29, 0.717) is 12.1 Å². The lowest BCUT2D eigenvalue weighted by molar-refractivity contribution is -0.323. The van der Waals surface area contributed by atoms with Crippen molar-refractivity contribution < 1.29 is 22.7 Å². The zero-order valence-electron chi connectivity index (χ0n) is 14.1. The Morgan fingerprint density at radius 1 is 1.12 bits per heavy atom. The van der Waals surface area contributed by atoms with Gasteiger partial charge in [-0.2, -0.15) is 0 Å². The minimum absolute atomic E-state index is 0.0232. The summed E-state index contributed by atoms with van der Waals surface area (Å²) in [6, 6.07) is 7.18. The van der Waals surface area contributed by atoms with Gasteiger partial charge in [-0.1, -0.05) is 12.1 Å². The van der Waals surface area contributed by atoms with Gasteiger partial charge in [0.2, 0.25) is 0 Å². The second-order valence-electron chi connectivity index (χ2n) is 5.87. The van der Waals surface area contributed by atoms with Crippen molar-refractivity contribution in [1.29, 1.82) is 0 Å². The van der Waals surface area contributed by atoms with E-state index in [9.17, 15) is 18.0 Å². The maximum absolute atomic E-state index is 12.4. The lowest BCUT2D eigenvalue weighted by atomic mass is 10.1. The molecular weight excluding hydrogens is 337 g/mol. The third kappa shape index (κ3) is 6.99. The molecular formula is C16H23F3N4O2. The van der Waals surface area contributed by atoms with Crippen molar-refractivity contribution in [2.24, 2.45) is 0 Å². The molecule has 0 unspecified atom stereocenters. The SMILES string of the molecule is CN1CCN(C(=O)c2ccc(CNNCCOC(F)(F)F)cc2)CC1. The number of hydrazine groups is 1.